The van der Waals surface area contributed by atoms with E-state index in [2.05, 4.69) is 10.3 Å². The first-order valence-electron chi connectivity index (χ1n) is 5.82. The summed E-state index contributed by atoms with van der Waals surface area (Å²) in [6, 6.07) is 3.09. The molecule has 1 aromatic heterocycles. The monoisotopic (exact) mass is 235 g/mol. The van der Waals surface area contributed by atoms with E-state index in [1.165, 1.54) is 12.3 Å². The normalized spacial score (nSPS) is 17.9. The van der Waals surface area contributed by atoms with E-state index in [-0.39, 0.29) is 29.4 Å². The highest BCUT2D eigenvalue weighted by atomic mass is 16.3. The molecule has 1 saturated carbocycles. The summed E-state index contributed by atoms with van der Waals surface area (Å²) in [4.78, 5) is 15.7. The van der Waals surface area contributed by atoms with Gasteiger partial charge in [0.2, 0.25) is 5.91 Å². The van der Waals surface area contributed by atoms with Crippen LogP contribution in [0, 0.1) is 0 Å². The SMILES string of the molecule is NC1(CC(=O)Nc2ncccc2O)CCCC1. The molecule has 0 aromatic carbocycles. The fourth-order valence-electron chi connectivity index (χ4n) is 2.25. The lowest BCUT2D eigenvalue weighted by atomic mass is 9.94. The molecule has 4 N–H and O–H groups in total. The van der Waals surface area contributed by atoms with Crippen LogP contribution in [0.2, 0.25) is 0 Å². The Morgan fingerprint density at radius 1 is 1.53 bits per heavy atom. The van der Waals surface area contributed by atoms with Crippen LogP contribution in [0.4, 0.5) is 5.82 Å². The van der Waals surface area contributed by atoms with E-state index in [0.29, 0.717) is 0 Å². The molecule has 0 unspecified atom stereocenters. The molecule has 5 nitrogen and oxygen atoms in total. The van der Waals surface area contributed by atoms with Gasteiger partial charge >= 0.3 is 0 Å². The fourth-order valence-corrected chi connectivity index (χ4v) is 2.25. The van der Waals surface area contributed by atoms with E-state index in [0.717, 1.165) is 25.7 Å². The predicted octanol–water partition coefficient (Wildman–Crippen LogP) is 1.39. The number of nitrogens with one attached hydrogen (secondary N) is 1. The molecular formula is C12H17N3O2. The lowest BCUT2D eigenvalue weighted by molar-refractivity contribution is -0.117. The summed E-state index contributed by atoms with van der Waals surface area (Å²) in [5.74, 6) is -0.0270. The van der Waals surface area contributed by atoms with Crippen LogP contribution in [0.5, 0.6) is 5.75 Å². The minimum atomic E-state index is -0.380. The Hall–Kier alpha value is -1.62. The van der Waals surface area contributed by atoms with Crippen LogP contribution in [0.1, 0.15) is 32.1 Å². The first-order chi connectivity index (χ1) is 8.09. The van der Waals surface area contributed by atoms with Crippen molar-refractivity contribution in [3.63, 3.8) is 0 Å². The van der Waals surface area contributed by atoms with Gasteiger partial charge < -0.3 is 16.2 Å². The topological polar surface area (TPSA) is 88.2 Å². The Morgan fingerprint density at radius 3 is 2.88 bits per heavy atom. The highest BCUT2D eigenvalue weighted by molar-refractivity contribution is 5.91. The van der Waals surface area contributed by atoms with Crippen LogP contribution in [-0.2, 0) is 4.79 Å². The molecule has 0 radical (unpaired) electrons. The number of rotatable bonds is 3. The maximum atomic E-state index is 11.8. The van der Waals surface area contributed by atoms with Crippen LogP contribution in [-0.4, -0.2) is 21.5 Å². The standard InChI is InChI=1S/C12H17N3O2/c13-12(5-1-2-6-12)8-10(17)15-11-9(16)4-3-7-14-11/h3-4,7,16H,1-2,5-6,8,13H2,(H,14,15,17). The van der Waals surface area contributed by atoms with E-state index >= 15 is 0 Å². The molecular weight excluding hydrogens is 218 g/mol. The number of nitrogens with zero attached hydrogens (tertiary/aromatic N) is 1. The fraction of sp³-hybridized carbons (Fsp3) is 0.500. The minimum absolute atomic E-state index is 0.0293. The zero-order chi connectivity index (χ0) is 12.3. The number of hydrogen-bond acceptors (Lipinski definition) is 4. The van der Waals surface area contributed by atoms with Crippen LogP contribution in [0.15, 0.2) is 18.3 Å². The van der Waals surface area contributed by atoms with Crippen molar-refractivity contribution in [1.29, 1.82) is 0 Å². The Labute approximate surface area is 100 Å². The van der Waals surface area contributed by atoms with Crippen molar-refractivity contribution in [3.8, 4) is 5.75 Å². The average molecular weight is 235 g/mol. The van der Waals surface area contributed by atoms with Crippen LogP contribution < -0.4 is 11.1 Å². The molecule has 1 aromatic rings. The van der Waals surface area contributed by atoms with Gasteiger partial charge in [-0.2, -0.15) is 0 Å². The highest BCUT2D eigenvalue weighted by Crippen LogP contribution is 2.30. The average Bonchev–Trinajstić information content (AvgIpc) is 2.68. The molecule has 5 heteroatoms. The Morgan fingerprint density at radius 2 is 2.24 bits per heavy atom. The van der Waals surface area contributed by atoms with Crippen molar-refractivity contribution in [1.82, 2.24) is 4.98 Å². The minimum Gasteiger partial charge on any atom is -0.504 e. The van der Waals surface area contributed by atoms with Crippen molar-refractivity contribution in [2.75, 3.05) is 5.32 Å². The number of aromatic nitrogens is 1. The molecule has 1 amide bonds. The van der Waals surface area contributed by atoms with Crippen LogP contribution in [0.3, 0.4) is 0 Å². The number of carbonyl (C=O) groups is 1. The molecule has 1 aliphatic rings. The number of aromatic hydroxyl groups is 1. The summed E-state index contributed by atoms with van der Waals surface area (Å²) >= 11 is 0. The van der Waals surface area contributed by atoms with Crippen molar-refractivity contribution in [2.24, 2.45) is 5.73 Å². The molecule has 1 aliphatic carbocycles. The molecule has 0 bridgehead atoms. The number of nitrogens with two attached hydrogens (primary N) is 1. The molecule has 92 valence electrons. The summed E-state index contributed by atoms with van der Waals surface area (Å²) in [6.07, 6.45) is 5.73. The predicted molar refractivity (Wildman–Crippen MR) is 64.5 cm³/mol. The zero-order valence-corrected chi connectivity index (χ0v) is 9.65. The molecule has 2 rings (SSSR count). The van der Waals surface area contributed by atoms with Crippen molar-refractivity contribution in [2.45, 2.75) is 37.6 Å². The van der Waals surface area contributed by atoms with Gasteiger partial charge in [0.15, 0.2) is 11.6 Å². The molecule has 17 heavy (non-hydrogen) atoms. The molecule has 0 atom stereocenters. The van der Waals surface area contributed by atoms with Gasteiger partial charge in [-0.25, -0.2) is 4.98 Å². The van der Waals surface area contributed by atoms with Crippen LogP contribution >= 0.6 is 0 Å². The van der Waals surface area contributed by atoms with Crippen LogP contribution in [0.25, 0.3) is 0 Å². The molecule has 1 fully saturated rings. The smallest absolute Gasteiger partial charge is 0.227 e. The number of carbonyl (C=O) groups excluding carboxylic acids is 1. The number of anilines is 1. The third-order valence-corrected chi connectivity index (χ3v) is 3.16. The number of hydrogen-bond donors (Lipinski definition) is 3. The van der Waals surface area contributed by atoms with E-state index < -0.39 is 0 Å². The van der Waals surface area contributed by atoms with Crippen molar-refractivity contribution in [3.05, 3.63) is 18.3 Å². The Kier molecular flexibility index (Phi) is 3.28. The summed E-state index contributed by atoms with van der Waals surface area (Å²) in [7, 11) is 0. The molecule has 0 spiro atoms. The lowest BCUT2D eigenvalue weighted by Crippen LogP contribution is -2.40. The Balaban J connectivity index is 1.96. The van der Waals surface area contributed by atoms with Gasteiger partial charge in [0, 0.05) is 18.2 Å². The second-order valence-electron chi connectivity index (χ2n) is 4.67. The van der Waals surface area contributed by atoms with Crippen molar-refractivity contribution < 1.29 is 9.90 Å². The third-order valence-electron chi connectivity index (χ3n) is 3.16. The van der Waals surface area contributed by atoms with E-state index in [1.807, 2.05) is 0 Å². The van der Waals surface area contributed by atoms with Gasteiger partial charge in [-0.05, 0) is 25.0 Å². The molecule has 1 heterocycles. The number of pyridine rings is 1. The van der Waals surface area contributed by atoms with Gasteiger partial charge in [-0.15, -0.1) is 0 Å². The summed E-state index contributed by atoms with van der Waals surface area (Å²) in [5.41, 5.74) is 5.73. The second kappa shape index (κ2) is 4.71. The largest absolute Gasteiger partial charge is 0.504 e. The first-order valence-corrected chi connectivity index (χ1v) is 5.82. The van der Waals surface area contributed by atoms with Gasteiger partial charge in [0.05, 0.1) is 0 Å². The maximum Gasteiger partial charge on any atom is 0.227 e. The zero-order valence-electron chi connectivity index (χ0n) is 9.65. The lowest BCUT2D eigenvalue weighted by Gasteiger charge is -2.22. The second-order valence-corrected chi connectivity index (χ2v) is 4.67. The van der Waals surface area contributed by atoms with Crippen molar-refractivity contribution >= 4 is 11.7 Å². The first kappa shape index (κ1) is 11.9. The quantitative estimate of drug-likeness (QED) is 0.738. The van der Waals surface area contributed by atoms with Gasteiger partial charge in [0.25, 0.3) is 0 Å². The van der Waals surface area contributed by atoms with Gasteiger partial charge in [0.1, 0.15) is 0 Å². The maximum absolute atomic E-state index is 11.8. The molecule has 0 saturated heterocycles. The van der Waals surface area contributed by atoms with E-state index in [9.17, 15) is 9.90 Å². The summed E-state index contributed by atoms with van der Waals surface area (Å²) < 4.78 is 0. The Bertz CT molecular complexity index is 414. The number of amides is 1. The summed E-state index contributed by atoms with van der Waals surface area (Å²) in [5, 5.41) is 12.1. The third kappa shape index (κ3) is 2.94. The highest BCUT2D eigenvalue weighted by Gasteiger charge is 2.31. The summed E-state index contributed by atoms with van der Waals surface area (Å²) in [6.45, 7) is 0. The van der Waals surface area contributed by atoms with E-state index in [1.54, 1.807) is 6.07 Å². The molecule has 0 aliphatic heterocycles. The van der Waals surface area contributed by atoms with Gasteiger partial charge in [-0.3, -0.25) is 4.79 Å². The van der Waals surface area contributed by atoms with E-state index in [4.69, 9.17) is 5.73 Å². The van der Waals surface area contributed by atoms with Gasteiger partial charge in [-0.1, -0.05) is 12.8 Å².